The molecule has 0 bridgehead atoms. The number of allylic oxidation sites excluding steroid dienone is 4. The highest BCUT2D eigenvalue weighted by Gasteiger charge is 2.41. The molecule has 0 atom stereocenters. The Kier molecular flexibility index (Phi) is 5.47. The second kappa shape index (κ2) is 6.86. The molecule has 23 heavy (non-hydrogen) atoms. The Morgan fingerprint density at radius 3 is 2.09 bits per heavy atom. The van der Waals surface area contributed by atoms with Crippen LogP contribution in [-0.4, -0.2) is 15.2 Å². The molecule has 0 amide bonds. The van der Waals surface area contributed by atoms with E-state index >= 15 is 0 Å². The molecule has 1 aliphatic carbocycles. The van der Waals surface area contributed by atoms with Gasteiger partial charge >= 0.3 is 0 Å². The fourth-order valence-electron chi connectivity index (χ4n) is 3.69. The van der Waals surface area contributed by atoms with Crippen LogP contribution < -0.4 is 9.92 Å². The first-order chi connectivity index (χ1) is 10.8. The maximum atomic E-state index is 6.63. The molecule has 0 unspecified atom stereocenters. The normalized spacial score (nSPS) is 15.4. The topological polar surface area (TPSA) is 9.23 Å². The lowest BCUT2D eigenvalue weighted by molar-refractivity contribution is 0.417. The molecule has 0 N–H and O–H groups in total. The van der Waals surface area contributed by atoms with Crippen molar-refractivity contribution < 1.29 is 4.74 Å². The summed E-state index contributed by atoms with van der Waals surface area (Å²) in [6.45, 7) is 11.4. The second-order valence-corrected chi connectivity index (χ2v) is 12.8. The third kappa shape index (κ3) is 3.29. The second-order valence-electron chi connectivity index (χ2n) is 7.45. The lowest BCUT2D eigenvalue weighted by atomic mass is 9.87. The van der Waals surface area contributed by atoms with Crippen molar-refractivity contribution in [2.45, 2.75) is 57.7 Å². The highest BCUT2D eigenvalue weighted by Crippen LogP contribution is 2.40. The Morgan fingerprint density at radius 2 is 1.65 bits per heavy atom. The maximum Gasteiger partial charge on any atom is 0.136 e. The van der Waals surface area contributed by atoms with Crippen LogP contribution >= 0.6 is 11.6 Å². The van der Waals surface area contributed by atoms with E-state index in [1.165, 1.54) is 22.8 Å². The summed E-state index contributed by atoms with van der Waals surface area (Å²) in [5.74, 6) is 0.892. The molecule has 2 rings (SSSR count). The average molecular weight is 349 g/mol. The zero-order chi connectivity index (χ0) is 17.3. The van der Waals surface area contributed by atoms with Gasteiger partial charge in [-0.05, 0) is 27.8 Å². The van der Waals surface area contributed by atoms with Crippen LogP contribution in [0.3, 0.4) is 0 Å². The van der Waals surface area contributed by atoms with E-state index in [1.807, 2.05) is 0 Å². The number of halogens is 1. The third-order valence-corrected chi connectivity index (χ3v) is 11.2. The lowest BCUT2D eigenvalue weighted by Crippen LogP contribution is -2.50. The number of rotatable bonds is 5. The van der Waals surface area contributed by atoms with E-state index in [4.69, 9.17) is 16.3 Å². The van der Waals surface area contributed by atoms with Gasteiger partial charge in [0.2, 0.25) is 0 Å². The summed E-state index contributed by atoms with van der Waals surface area (Å²) in [4.78, 5) is 0. The van der Waals surface area contributed by atoms with Crippen molar-refractivity contribution in [2.24, 2.45) is 0 Å². The SMILES string of the molecule is CC[Si](CC)(c1cc(C(C)(C)C)cc(Cl)c1OC)C1C=CC=C1. The van der Waals surface area contributed by atoms with E-state index in [0.29, 0.717) is 5.54 Å². The fourth-order valence-corrected chi connectivity index (χ4v) is 8.72. The molecule has 0 saturated heterocycles. The van der Waals surface area contributed by atoms with Gasteiger partial charge in [-0.2, -0.15) is 0 Å². The van der Waals surface area contributed by atoms with Crippen molar-refractivity contribution >= 4 is 24.9 Å². The van der Waals surface area contributed by atoms with Crippen molar-refractivity contribution in [3.8, 4) is 5.75 Å². The van der Waals surface area contributed by atoms with Crippen LogP contribution in [0.1, 0.15) is 40.2 Å². The van der Waals surface area contributed by atoms with Crippen LogP contribution in [0.25, 0.3) is 0 Å². The Morgan fingerprint density at radius 1 is 1.09 bits per heavy atom. The predicted octanol–water partition coefficient (Wildman–Crippen LogP) is 5.84. The van der Waals surface area contributed by atoms with Gasteiger partial charge in [0.05, 0.1) is 12.1 Å². The number of hydrogen-bond donors (Lipinski definition) is 0. The summed E-state index contributed by atoms with van der Waals surface area (Å²) in [7, 11) is -0.0343. The average Bonchev–Trinajstić information content (AvgIpc) is 3.02. The summed E-state index contributed by atoms with van der Waals surface area (Å²) >= 11 is 6.63. The standard InChI is InChI=1S/C20H29ClOSi/c1-7-23(8-2,16-11-9-10-12-16)18-14-15(20(3,4)5)13-17(21)19(18)22-6/h9-14,16H,7-8H2,1-6H3. The number of hydrogen-bond acceptors (Lipinski definition) is 1. The zero-order valence-corrected chi connectivity index (χ0v) is 17.0. The molecule has 0 heterocycles. The first-order valence-electron chi connectivity index (χ1n) is 8.53. The highest BCUT2D eigenvalue weighted by molar-refractivity contribution is 6.94. The number of ether oxygens (including phenoxy) is 1. The minimum absolute atomic E-state index is 0.0770. The molecule has 0 saturated carbocycles. The van der Waals surface area contributed by atoms with Crippen molar-refractivity contribution in [3.05, 3.63) is 47.0 Å². The first-order valence-corrected chi connectivity index (χ1v) is 11.4. The molecule has 0 radical (unpaired) electrons. The van der Waals surface area contributed by atoms with E-state index in [2.05, 4.69) is 71.1 Å². The van der Waals surface area contributed by atoms with Crippen LogP contribution in [0.4, 0.5) is 0 Å². The minimum Gasteiger partial charge on any atom is -0.495 e. The van der Waals surface area contributed by atoms with Gasteiger partial charge in [0.25, 0.3) is 0 Å². The smallest absolute Gasteiger partial charge is 0.136 e. The summed E-state index contributed by atoms with van der Waals surface area (Å²) in [6.07, 6.45) is 9.07. The molecule has 0 aliphatic heterocycles. The highest BCUT2D eigenvalue weighted by atomic mass is 35.5. The molecular weight excluding hydrogens is 320 g/mol. The van der Waals surface area contributed by atoms with Crippen molar-refractivity contribution in [3.63, 3.8) is 0 Å². The van der Waals surface area contributed by atoms with E-state index < -0.39 is 8.07 Å². The van der Waals surface area contributed by atoms with E-state index in [9.17, 15) is 0 Å². The summed E-state index contributed by atoms with van der Waals surface area (Å²) in [6, 6.07) is 6.82. The largest absolute Gasteiger partial charge is 0.495 e. The van der Waals surface area contributed by atoms with Gasteiger partial charge in [0.15, 0.2) is 0 Å². The molecular formula is C20H29ClOSi. The first kappa shape index (κ1) is 18.3. The van der Waals surface area contributed by atoms with Gasteiger partial charge in [0, 0.05) is 0 Å². The van der Waals surface area contributed by atoms with Crippen LogP contribution in [0.5, 0.6) is 5.75 Å². The quantitative estimate of drug-likeness (QED) is 0.607. The lowest BCUT2D eigenvalue weighted by Gasteiger charge is -2.37. The Bertz CT molecular complexity index is 609. The molecule has 1 aromatic rings. The van der Waals surface area contributed by atoms with Crippen LogP contribution in [0, 0.1) is 0 Å². The molecule has 0 fully saturated rings. The fraction of sp³-hybridized carbons (Fsp3) is 0.500. The van der Waals surface area contributed by atoms with Crippen LogP contribution in [0.2, 0.25) is 22.7 Å². The zero-order valence-electron chi connectivity index (χ0n) is 15.2. The number of methoxy groups -OCH3 is 1. The summed E-state index contributed by atoms with van der Waals surface area (Å²) in [5.41, 5.74) is 1.90. The Balaban J connectivity index is 2.73. The Labute approximate surface area is 147 Å². The van der Waals surface area contributed by atoms with Gasteiger partial charge in [-0.15, -0.1) is 0 Å². The van der Waals surface area contributed by atoms with Gasteiger partial charge in [-0.1, -0.05) is 88.7 Å². The molecule has 1 aromatic carbocycles. The van der Waals surface area contributed by atoms with Crippen molar-refractivity contribution in [1.82, 2.24) is 0 Å². The van der Waals surface area contributed by atoms with E-state index in [0.717, 1.165) is 10.8 Å². The van der Waals surface area contributed by atoms with Gasteiger partial charge < -0.3 is 4.74 Å². The molecule has 0 spiro atoms. The monoisotopic (exact) mass is 348 g/mol. The molecule has 126 valence electrons. The Hall–Kier alpha value is -0.993. The van der Waals surface area contributed by atoms with Crippen LogP contribution in [0.15, 0.2) is 36.4 Å². The van der Waals surface area contributed by atoms with Gasteiger partial charge in [-0.3, -0.25) is 0 Å². The summed E-state index contributed by atoms with van der Waals surface area (Å²) in [5, 5.41) is 2.13. The van der Waals surface area contributed by atoms with Gasteiger partial charge in [-0.25, -0.2) is 0 Å². The minimum atomic E-state index is -1.78. The van der Waals surface area contributed by atoms with Crippen molar-refractivity contribution in [2.75, 3.05) is 7.11 Å². The predicted molar refractivity (Wildman–Crippen MR) is 105 cm³/mol. The van der Waals surface area contributed by atoms with Crippen molar-refractivity contribution in [1.29, 1.82) is 0 Å². The van der Waals surface area contributed by atoms with E-state index in [1.54, 1.807) is 7.11 Å². The number of benzene rings is 1. The maximum absolute atomic E-state index is 6.63. The molecule has 0 aromatic heterocycles. The molecule has 1 aliphatic rings. The molecule has 3 heteroatoms. The summed E-state index contributed by atoms with van der Waals surface area (Å²) < 4.78 is 5.77. The van der Waals surface area contributed by atoms with Crippen LogP contribution in [-0.2, 0) is 5.41 Å². The molecule has 1 nitrogen and oxygen atoms in total. The van der Waals surface area contributed by atoms with E-state index in [-0.39, 0.29) is 5.41 Å². The third-order valence-electron chi connectivity index (χ3n) is 5.30. The van der Waals surface area contributed by atoms with Gasteiger partial charge in [0.1, 0.15) is 13.8 Å².